The molecule has 0 radical (unpaired) electrons. The first-order valence-electron chi connectivity index (χ1n) is 7.89. The summed E-state index contributed by atoms with van der Waals surface area (Å²) in [5.41, 5.74) is 0.356. The molecule has 0 bridgehead atoms. The van der Waals surface area contributed by atoms with Crippen molar-refractivity contribution in [2.24, 2.45) is 5.92 Å². The Bertz CT molecular complexity index is 556. The Hall–Kier alpha value is -1.14. The average Bonchev–Trinajstić information content (AvgIpc) is 3.24. The summed E-state index contributed by atoms with van der Waals surface area (Å²) in [6, 6.07) is 4.66. The number of rotatable bonds is 6. The fraction of sp³-hybridized carbons (Fsp3) is 0.588. The zero-order chi connectivity index (χ0) is 17.0. The molecule has 1 aliphatic rings. The number of carbonyl (C=O) groups is 1. The van der Waals surface area contributed by atoms with E-state index in [2.05, 4.69) is 26.6 Å². The first-order valence-corrected chi connectivity index (χ1v) is 8.68. The summed E-state index contributed by atoms with van der Waals surface area (Å²) in [5, 5.41) is 6.23. The number of amides is 1. The Labute approximate surface area is 145 Å². The topological polar surface area (TPSA) is 50.4 Å². The molecule has 1 fully saturated rings. The van der Waals surface area contributed by atoms with E-state index in [1.807, 2.05) is 20.8 Å². The molecule has 0 saturated heterocycles. The van der Waals surface area contributed by atoms with Crippen molar-refractivity contribution in [2.45, 2.75) is 51.8 Å². The van der Waals surface area contributed by atoms with Crippen LogP contribution >= 0.6 is 15.9 Å². The quantitative estimate of drug-likeness (QED) is 0.777. The van der Waals surface area contributed by atoms with Gasteiger partial charge in [-0.05, 0) is 63.3 Å². The zero-order valence-electron chi connectivity index (χ0n) is 13.8. The van der Waals surface area contributed by atoms with Gasteiger partial charge in [-0.1, -0.05) is 15.9 Å². The molecular formula is C17H24BrFN2O2. The van der Waals surface area contributed by atoms with E-state index in [1.54, 1.807) is 6.07 Å². The van der Waals surface area contributed by atoms with Crippen LogP contribution < -0.4 is 10.6 Å². The molecule has 1 amide bonds. The van der Waals surface area contributed by atoms with Crippen molar-refractivity contribution in [3.63, 3.8) is 0 Å². The van der Waals surface area contributed by atoms with Crippen molar-refractivity contribution in [2.75, 3.05) is 6.54 Å². The molecule has 0 heterocycles. The number of ether oxygens (including phenoxy) is 1. The highest BCUT2D eigenvalue weighted by Crippen LogP contribution is 2.32. The lowest BCUT2D eigenvalue weighted by molar-refractivity contribution is 0.0497. The molecule has 1 saturated carbocycles. The van der Waals surface area contributed by atoms with Crippen LogP contribution in [0.2, 0.25) is 0 Å². The van der Waals surface area contributed by atoms with Gasteiger partial charge in [0.1, 0.15) is 11.4 Å². The molecule has 23 heavy (non-hydrogen) atoms. The van der Waals surface area contributed by atoms with Crippen molar-refractivity contribution >= 4 is 22.0 Å². The fourth-order valence-electron chi connectivity index (χ4n) is 2.33. The van der Waals surface area contributed by atoms with Crippen LogP contribution in [0.15, 0.2) is 22.7 Å². The number of alkyl carbamates (subject to hydrolysis) is 1. The third-order valence-electron chi connectivity index (χ3n) is 3.58. The molecule has 0 spiro atoms. The predicted molar refractivity (Wildman–Crippen MR) is 91.7 cm³/mol. The fourth-order valence-corrected chi connectivity index (χ4v) is 2.72. The molecule has 4 nitrogen and oxygen atoms in total. The normalized spacial score (nSPS) is 16.0. The first kappa shape index (κ1) is 18.2. The van der Waals surface area contributed by atoms with Gasteiger partial charge in [-0.3, -0.25) is 0 Å². The highest BCUT2D eigenvalue weighted by molar-refractivity contribution is 9.10. The number of halogens is 2. The minimum atomic E-state index is -0.502. The van der Waals surface area contributed by atoms with Gasteiger partial charge in [-0.25, -0.2) is 9.18 Å². The Balaban J connectivity index is 1.83. The molecule has 1 unspecified atom stereocenters. The highest BCUT2D eigenvalue weighted by atomic mass is 79.9. The standard InChI is InChI=1S/C17H24BrFN2O2/c1-17(2,3)23-16(22)21-15(11-4-5-11)10-20-9-12-8-13(19)6-7-14(12)18/h6-8,11,15,20H,4-5,9-10H2,1-3H3,(H,21,22). The minimum absolute atomic E-state index is 0.0391. The summed E-state index contributed by atoms with van der Waals surface area (Å²) < 4.78 is 19.5. The van der Waals surface area contributed by atoms with E-state index >= 15 is 0 Å². The van der Waals surface area contributed by atoms with E-state index < -0.39 is 5.60 Å². The van der Waals surface area contributed by atoms with E-state index in [0.29, 0.717) is 19.0 Å². The molecule has 1 atom stereocenters. The van der Waals surface area contributed by atoms with Gasteiger partial charge in [-0.2, -0.15) is 0 Å². The van der Waals surface area contributed by atoms with Crippen LogP contribution in [0.1, 0.15) is 39.2 Å². The van der Waals surface area contributed by atoms with E-state index in [-0.39, 0.29) is 18.0 Å². The van der Waals surface area contributed by atoms with Crippen molar-refractivity contribution in [3.05, 3.63) is 34.1 Å². The summed E-state index contributed by atoms with van der Waals surface area (Å²) in [6.07, 6.45) is 1.85. The van der Waals surface area contributed by atoms with Crippen LogP contribution in [-0.4, -0.2) is 24.3 Å². The van der Waals surface area contributed by atoms with Gasteiger partial charge in [0.05, 0.1) is 0 Å². The smallest absolute Gasteiger partial charge is 0.407 e. The second-order valence-corrected chi connectivity index (χ2v) is 7.81. The molecule has 2 N–H and O–H groups in total. The molecule has 0 aliphatic heterocycles. The number of benzene rings is 1. The minimum Gasteiger partial charge on any atom is -0.444 e. The second kappa shape index (κ2) is 7.62. The SMILES string of the molecule is CC(C)(C)OC(=O)NC(CNCc1cc(F)ccc1Br)C1CC1. The van der Waals surface area contributed by atoms with Crippen LogP contribution in [0.4, 0.5) is 9.18 Å². The van der Waals surface area contributed by atoms with Crippen molar-refractivity contribution < 1.29 is 13.9 Å². The van der Waals surface area contributed by atoms with Crippen LogP contribution in [0.5, 0.6) is 0 Å². The monoisotopic (exact) mass is 386 g/mol. The summed E-state index contributed by atoms with van der Waals surface area (Å²) in [4.78, 5) is 11.9. The predicted octanol–water partition coefficient (Wildman–Crippen LogP) is 3.98. The van der Waals surface area contributed by atoms with Crippen molar-refractivity contribution in [3.8, 4) is 0 Å². The van der Waals surface area contributed by atoms with E-state index in [1.165, 1.54) is 12.1 Å². The van der Waals surface area contributed by atoms with Gasteiger partial charge in [0, 0.05) is 23.6 Å². The summed E-state index contributed by atoms with van der Waals surface area (Å²) in [6.45, 7) is 6.71. The molecule has 1 aromatic rings. The maximum Gasteiger partial charge on any atom is 0.407 e. The Morgan fingerprint density at radius 2 is 2.13 bits per heavy atom. The highest BCUT2D eigenvalue weighted by Gasteiger charge is 2.33. The summed E-state index contributed by atoms with van der Waals surface area (Å²) >= 11 is 3.42. The lowest BCUT2D eigenvalue weighted by Crippen LogP contribution is -2.45. The molecule has 0 aromatic heterocycles. The lowest BCUT2D eigenvalue weighted by atomic mass is 10.1. The number of nitrogens with one attached hydrogen (secondary N) is 2. The number of carbonyl (C=O) groups excluding carboxylic acids is 1. The summed E-state index contributed by atoms with van der Waals surface area (Å²) in [7, 11) is 0. The van der Waals surface area contributed by atoms with Crippen LogP contribution in [0, 0.1) is 11.7 Å². The molecule has 128 valence electrons. The molecule has 2 rings (SSSR count). The Kier molecular flexibility index (Phi) is 6.03. The van der Waals surface area contributed by atoms with Crippen LogP contribution in [-0.2, 0) is 11.3 Å². The Morgan fingerprint density at radius 3 is 2.74 bits per heavy atom. The maximum absolute atomic E-state index is 13.3. The van der Waals surface area contributed by atoms with Crippen molar-refractivity contribution in [1.82, 2.24) is 10.6 Å². The first-order chi connectivity index (χ1) is 10.7. The number of hydrogen-bond acceptors (Lipinski definition) is 3. The maximum atomic E-state index is 13.3. The molecule has 6 heteroatoms. The average molecular weight is 387 g/mol. The van der Waals surface area contributed by atoms with Gasteiger partial charge in [-0.15, -0.1) is 0 Å². The van der Waals surface area contributed by atoms with Gasteiger partial charge < -0.3 is 15.4 Å². The van der Waals surface area contributed by atoms with E-state index in [9.17, 15) is 9.18 Å². The van der Waals surface area contributed by atoms with Crippen molar-refractivity contribution in [1.29, 1.82) is 0 Å². The third-order valence-corrected chi connectivity index (χ3v) is 4.35. The van der Waals surface area contributed by atoms with Crippen LogP contribution in [0.25, 0.3) is 0 Å². The van der Waals surface area contributed by atoms with Gasteiger partial charge >= 0.3 is 6.09 Å². The van der Waals surface area contributed by atoms with Gasteiger partial charge in [0.25, 0.3) is 0 Å². The summed E-state index contributed by atoms with van der Waals surface area (Å²) in [5.74, 6) is 0.238. The third kappa shape index (κ3) is 6.47. The zero-order valence-corrected chi connectivity index (χ0v) is 15.4. The van der Waals surface area contributed by atoms with E-state index in [4.69, 9.17) is 4.74 Å². The second-order valence-electron chi connectivity index (χ2n) is 6.96. The Morgan fingerprint density at radius 1 is 1.43 bits per heavy atom. The number of hydrogen-bond donors (Lipinski definition) is 2. The molecule has 1 aliphatic carbocycles. The van der Waals surface area contributed by atoms with Crippen LogP contribution in [0.3, 0.4) is 0 Å². The van der Waals surface area contributed by atoms with E-state index in [0.717, 1.165) is 22.9 Å². The van der Waals surface area contributed by atoms with Gasteiger partial charge in [0.2, 0.25) is 0 Å². The molecular weight excluding hydrogens is 363 g/mol. The molecule has 1 aromatic carbocycles. The van der Waals surface area contributed by atoms with Gasteiger partial charge in [0.15, 0.2) is 0 Å². The largest absolute Gasteiger partial charge is 0.444 e. The lowest BCUT2D eigenvalue weighted by Gasteiger charge is -2.24.